The average Bonchev–Trinajstić information content (AvgIpc) is 3.15. The third kappa shape index (κ3) is 5.07. The van der Waals surface area contributed by atoms with Crippen LogP contribution in [0.4, 0.5) is 0 Å². The lowest BCUT2D eigenvalue weighted by molar-refractivity contribution is 0.0992. The lowest BCUT2D eigenvalue weighted by Gasteiger charge is -2.22. The fraction of sp³-hybridized carbons (Fsp3) is 0.611. The largest absolute Gasteiger partial charge is 0.373 e. The molecule has 3 atom stereocenters. The molecule has 1 aromatic rings. The maximum atomic E-state index is 5.89. The van der Waals surface area contributed by atoms with Gasteiger partial charge in [0.15, 0.2) is 5.96 Å². The topological polar surface area (TPSA) is 48.9 Å². The van der Waals surface area contributed by atoms with Crippen molar-refractivity contribution in [1.82, 2.24) is 15.5 Å². The second-order valence-corrected chi connectivity index (χ2v) is 6.84. The standard InChI is InChI=1S/C18H28N4O.HI/c1-19-18(21-16-10-15-8-9-17(16)23-15)20-11-13-4-6-14(7-5-13)12-22(2)3;/h4-7,15-17H,8-12H2,1-3H3,(H2,19,20,21);1H. The van der Waals surface area contributed by atoms with Gasteiger partial charge in [-0.25, -0.2) is 0 Å². The molecule has 5 nitrogen and oxygen atoms in total. The van der Waals surface area contributed by atoms with Crippen molar-refractivity contribution in [2.45, 2.75) is 50.6 Å². The van der Waals surface area contributed by atoms with E-state index in [1.54, 1.807) is 0 Å². The molecule has 0 aliphatic carbocycles. The van der Waals surface area contributed by atoms with E-state index >= 15 is 0 Å². The van der Waals surface area contributed by atoms with Crippen molar-refractivity contribution in [3.05, 3.63) is 35.4 Å². The van der Waals surface area contributed by atoms with E-state index in [4.69, 9.17) is 4.74 Å². The predicted molar refractivity (Wildman–Crippen MR) is 109 cm³/mol. The molecule has 2 aliphatic heterocycles. The molecule has 0 saturated carbocycles. The number of halogens is 1. The van der Waals surface area contributed by atoms with Crippen molar-refractivity contribution >= 4 is 29.9 Å². The Labute approximate surface area is 162 Å². The van der Waals surface area contributed by atoms with Crippen LogP contribution in [-0.4, -0.2) is 50.3 Å². The molecule has 0 aromatic heterocycles. The monoisotopic (exact) mass is 444 g/mol. The Morgan fingerprint density at radius 2 is 1.92 bits per heavy atom. The molecule has 3 rings (SSSR count). The molecule has 0 spiro atoms. The summed E-state index contributed by atoms with van der Waals surface area (Å²) in [4.78, 5) is 6.52. The van der Waals surface area contributed by atoms with Crippen molar-refractivity contribution in [3.63, 3.8) is 0 Å². The minimum Gasteiger partial charge on any atom is -0.373 e. The van der Waals surface area contributed by atoms with Crippen LogP contribution in [0.1, 0.15) is 30.4 Å². The number of nitrogens with zero attached hydrogens (tertiary/aromatic N) is 2. The summed E-state index contributed by atoms with van der Waals surface area (Å²) in [5.41, 5.74) is 2.60. The molecule has 134 valence electrons. The fourth-order valence-corrected chi connectivity index (χ4v) is 3.47. The van der Waals surface area contributed by atoms with Gasteiger partial charge in [-0.3, -0.25) is 4.99 Å². The molecule has 24 heavy (non-hydrogen) atoms. The van der Waals surface area contributed by atoms with Crippen molar-refractivity contribution in [2.24, 2.45) is 4.99 Å². The number of guanidine groups is 1. The van der Waals surface area contributed by atoms with Crippen LogP contribution in [0, 0.1) is 0 Å². The summed E-state index contributed by atoms with van der Waals surface area (Å²) < 4.78 is 5.89. The van der Waals surface area contributed by atoms with E-state index < -0.39 is 0 Å². The highest BCUT2D eigenvalue weighted by Gasteiger charge is 2.41. The predicted octanol–water partition coefficient (Wildman–Crippen LogP) is 2.35. The average molecular weight is 444 g/mol. The Bertz CT molecular complexity index is 546. The summed E-state index contributed by atoms with van der Waals surface area (Å²) in [6.45, 7) is 1.75. The quantitative estimate of drug-likeness (QED) is 0.416. The fourth-order valence-electron chi connectivity index (χ4n) is 3.47. The molecule has 0 amide bonds. The van der Waals surface area contributed by atoms with E-state index in [0.29, 0.717) is 18.2 Å². The van der Waals surface area contributed by atoms with Crippen molar-refractivity contribution < 1.29 is 4.74 Å². The molecule has 6 heteroatoms. The molecule has 1 aromatic carbocycles. The van der Waals surface area contributed by atoms with Gasteiger partial charge in [0.2, 0.25) is 0 Å². The normalized spacial score (nSPS) is 25.7. The number of ether oxygens (including phenoxy) is 1. The van der Waals surface area contributed by atoms with Crippen molar-refractivity contribution in [2.75, 3.05) is 21.1 Å². The molecule has 2 saturated heterocycles. The van der Waals surface area contributed by atoms with E-state index in [0.717, 1.165) is 25.5 Å². The first-order chi connectivity index (χ1) is 11.1. The zero-order valence-electron chi connectivity index (χ0n) is 14.8. The zero-order valence-corrected chi connectivity index (χ0v) is 17.1. The molecule has 2 heterocycles. The minimum atomic E-state index is 0. The van der Waals surface area contributed by atoms with Crippen LogP contribution in [0.2, 0.25) is 0 Å². The third-order valence-corrected chi connectivity index (χ3v) is 4.63. The highest BCUT2D eigenvalue weighted by molar-refractivity contribution is 14.0. The highest BCUT2D eigenvalue weighted by atomic mass is 127. The smallest absolute Gasteiger partial charge is 0.191 e. The molecular weight excluding hydrogens is 415 g/mol. The van der Waals surface area contributed by atoms with Gasteiger partial charge in [0.05, 0.1) is 18.2 Å². The van der Waals surface area contributed by atoms with Crippen molar-refractivity contribution in [3.8, 4) is 0 Å². The van der Waals surface area contributed by atoms with Gasteiger partial charge in [0.25, 0.3) is 0 Å². The number of aliphatic imine (C=N–C) groups is 1. The van der Waals surface area contributed by atoms with Gasteiger partial charge < -0.3 is 20.3 Å². The summed E-state index contributed by atoms with van der Waals surface area (Å²) in [6, 6.07) is 9.15. The molecule has 2 bridgehead atoms. The highest BCUT2D eigenvalue weighted by Crippen LogP contribution is 2.34. The van der Waals surface area contributed by atoms with E-state index in [2.05, 4.69) is 58.9 Å². The van der Waals surface area contributed by atoms with Crippen LogP contribution >= 0.6 is 24.0 Å². The molecule has 2 aliphatic rings. The molecule has 2 N–H and O–H groups in total. The number of rotatable bonds is 5. The number of hydrogen-bond acceptors (Lipinski definition) is 3. The molecule has 3 unspecified atom stereocenters. The van der Waals surface area contributed by atoms with E-state index in [-0.39, 0.29) is 24.0 Å². The van der Waals surface area contributed by atoms with Gasteiger partial charge in [-0.05, 0) is 44.5 Å². The lowest BCUT2D eigenvalue weighted by Crippen LogP contribution is -2.47. The second-order valence-electron chi connectivity index (χ2n) is 6.84. The van der Waals surface area contributed by atoms with Crippen LogP contribution in [0.25, 0.3) is 0 Å². The molecule has 0 radical (unpaired) electrons. The second kappa shape index (κ2) is 9.01. The minimum absolute atomic E-state index is 0. The Morgan fingerprint density at radius 3 is 2.46 bits per heavy atom. The SMILES string of the molecule is CN=C(NCc1ccc(CN(C)C)cc1)NC1CC2CCC1O2.I. The maximum Gasteiger partial charge on any atom is 0.191 e. The summed E-state index contributed by atoms with van der Waals surface area (Å²) in [5, 5.41) is 6.92. The van der Waals surface area contributed by atoms with Crippen LogP contribution in [0.15, 0.2) is 29.3 Å². The molecular formula is C18H29IN4O. The van der Waals surface area contributed by atoms with E-state index in [1.807, 2.05) is 7.05 Å². The summed E-state index contributed by atoms with van der Waals surface area (Å²) >= 11 is 0. The summed E-state index contributed by atoms with van der Waals surface area (Å²) in [5.74, 6) is 0.864. The lowest BCUT2D eigenvalue weighted by atomic mass is 9.96. The van der Waals surface area contributed by atoms with Crippen molar-refractivity contribution in [1.29, 1.82) is 0 Å². The zero-order chi connectivity index (χ0) is 16.2. The van der Waals surface area contributed by atoms with Gasteiger partial charge >= 0.3 is 0 Å². The van der Waals surface area contributed by atoms with Crippen LogP contribution in [0.5, 0.6) is 0 Å². The Balaban J connectivity index is 0.00000208. The van der Waals surface area contributed by atoms with E-state index in [9.17, 15) is 0 Å². The summed E-state index contributed by atoms with van der Waals surface area (Å²) in [7, 11) is 6.00. The van der Waals surface area contributed by atoms with Gasteiger partial charge in [0.1, 0.15) is 0 Å². The number of nitrogens with one attached hydrogen (secondary N) is 2. The first-order valence-electron chi connectivity index (χ1n) is 8.49. The maximum absolute atomic E-state index is 5.89. The van der Waals surface area contributed by atoms with Crippen LogP contribution in [-0.2, 0) is 17.8 Å². The Morgan fingerprint density at radius 1 is 1.21 bits per heavy atom. The number of benzene rings is 1. The molecule has 2 fully saturated rings. The summed E-state index contributed by atoms with van der Waals surface area (Å²) in [6.07, 6.45) is 4.31. The first-order valence-corrected chi connectivity index (χ1v) is 8.49. The van der Waals surface area contributed by atoms with Gasteiger partial charge in [0, 0.05) is 20.1 Å². The van der Waals surface area contributed by atoms with Gasteiger partial charge in [-0.1, -0.05) is 24.3 Å². The Kier molecular flexibility index (Phi) is 7.31. The first kappa shape index (κ1) is 19.5. The van der Waals surface area contributed by atoms with Crippen LogP contribution in [0.3, 0.4) is 0 Å². The van der Waals surface area contributed by atoms with Crippen LogP contribution < -0.4 is 10.6 Å². The third-order valence-electron chi connectivity index (χ3n) is 4.63. The van der Waals surface area contributed by atoms with Gasteiger partial charge in [-0.2, -0.15) is 0 Å². The van der Waals surface area contributed by atoms with E-state index in [1.165, 1.54) is 24.0 Å². The number of fused-ring (bicyclic) bond motifs is 2. The Hall–Kier alpha value is -0.860. The van der Waals surface area contributed by atoms with Gasteiger partial charge in [-0.15, -0.1) is 24.0 Å². The number of hydrogen-bond donors (Lipinski definition) is 2.